The lowest BCUT2D eigenvalue weighted by molar-refractivity contribution is -0.118. The minimum Gasteiger partial charge on any atom is -0.492 e. The molecule has 9 heteroatoms. The molecule has 2 aromatic heterocycles. The third kappa shape index (κ3) is 7.94. The molecule has 0 atom stereocenters. The van der Waals surface area contributed by atoms with Crippen molar-refractivity contribution in [2.45, 2.75) is 58.3 Å². The van der Waals surface area contributed by atoms with Gasteiger partial charge in [-0.2, -0.15) is 5.10 Å². The number of ketones is 1. The molecule has 0 aliphatic carbocycles. The quantitative estimate of drug-likeness (QED) is 0.221. The van der Waals surface area contributed by atoms with Crippen LogP contribution in [0, 0.1) is 0 Å². The van der Waals surface area contributed by atoms with Crippen LogP contribution in [0.25, 0.3) is 11.3 Å². The van der Waals surface area contributed by atoms with Gasteiger partial charge in [0, 0.05) is 36.1 Å². The van der Waals surface area contributed by atoms with E-state index in [0.29, 0.717) is 36.5 Å². The van der Waals surface area contributed by atoms with Gasteiger partial charge in [0.25, 0.3) is 5.91 Å². The molecular weight excluding hydrogens is 530 g/mol. The van der Waals surface area contributed by atoms with E-state index < -0.39 is 0 Å². The van der Waals surface area contributed by atoms with Gasteiger partial charge in [0.15, 0.2) is 5.82 Å². The minimum atomic E-state index is -0.239. The lowest BCUT2D eigenvalue weighted by atomic mass is 9.93. The van der Waals surface area contributed by atoms with E-state index in [1.807, 2.05) is 42.5 Å². The van der Waals surface area contributed by atoms with E-state index in [4.69, 9.17) is 9.26 Å². The summed E-state index contributed by atoms with van der Waals surface area (Å²) >= 11 is 0. The topological polar surface area (TPSA) is 113 Å². The average molecular weight is 570 g/mol. The van der Waals surface area contributed by atoms with Crippen LogP contribution in [-0.4, -0.2) is 58.2 Å². The molecule has 1 amide bonds. The second-order valence-electron chi connectivity index (χ2n) is 11.9. The van der Waals surface area contributed by atoms with Crippen LogP contribution >= 0.6 is 0 Å². The van der Waals surface area contributed by atoms with Gasteiger partial charge in [-0.3, -0.25) is 19.6 Å². The smallest absolute Gasteiger partial charge is 0.256 e. The summed E-state index contributed by atoms with van der Waals surface area (Å²) in [5.74, 6) is 1.87. The maximum absolute atomic E-state index is 12.7. The number of ether oxygens (including phenoxy) is 1. The highest BCUT2D eigenvalue weighted by molar-refractivity contribution is 6.04. The van der Waals surface area contributed by atoms with Crippen molar-refractivity contribution in [2.24, 2.45) is 0 Å². The predicted molar refractivity (Wildman–Crippen MR) is 162 cm³/mol. The van der Waals surface area contributed by atoms with Gasteiger partial charge in [0.1, 0.15) is 23.9 Å². The number of hydrogen-bond donors (Lipinski definition) is 2. The third-order valence-corrected chi connectivity index (χ3v) is 7.44. The van der Waals surface area contributed by atoms with Gasteiger partial charge < -0.3 is 14.6 Å². The fraction of sp³-hybridized carbons (Fsp3) is 0.394. The molecule has 5 rings (SSSR count). The number of Topliss-reactive ketones (excluding diaryl/α,β-unsaturated/α-hetero) is 1. The Balaban J connectivity index is 1.07. The first kappa shape index (κ1) is 29.3. The molecule has 0 saturated carbocycles. The number of amides is 1. The van der Waals surface area contributed by atoms with E-state index in [9.17, 15) is 9.59 Å². The third-order valence-electron chi connectivity index (χ3n) is 7.44. The van der Waals surface area contributed by atoms with Crippen molar-refractivity contribution in [1.82, 2.24) is 20.3 Å². The van der Waals surface area contributed by atoms with E-state index in [1.54, 1.807) is 18.2 Å². The van der Waals surface area contributed by atoms with Gasteiger partial charge in [-0.05, 0) is 67.7 Å². The fourth-order valence-electron chi connectivity index (χ4n) is 4.90. The first-order chi connectivity index (χ1) is 20.2. The van der Waals surface area contributed by atoms with Crippen molar-refractivity contribution in [1.29, 1.82) is 0 Å². The Bertz CT molecular complexity index is 1480. The molecule has 1 saturated heterocycles. The summed E-state index contributed by atoms with van der Waals surface area (Å²) in [6.07, 6.45) is 3.89. The molecule has 42 heavy (non-hydrogen) atoms. The first-order valence-corrected chi connectivity index (χ1v) is 14.6. The zero-order chi connectivity index (χ0) is 29.5. The molecule has 1 aliphatic heterocycles. The Morgan fingerprint density at radius 2 is 1.76 bits per heavy atom. The Morgan fingerprint density at radius 1 is 1.02 bits per heavy atom. The van der Waals surface area contributed by atoms with E-state index >= 15 is 0 Å². The number of nitrogens with one attached hydrogen (secondary N) is 2. The maximum Gasteiger partial charge on any atom is 0.256 e. The molecule has 2 N–H and O–H groups in total. The zero-order valence-electron chi connectivity index (χ0n) is 24.6. The number of carbonyl (C=O) groups excluding carboxylic acids is 2. The van der Waals surface area contributed by atoms with Gasteiger partial charge in [0.2, 0.25) is 0 Å². The van der Waals surface area contributed by atoms with E-state index in [1.165, 1.54) is 12.8 Å². The summed E-state index contributed by atoms with van der Waals surface area (Å²) in [7, 11) is 0. The maximum atomic E-state index is 12.7. The number of benzene rings is 2. The highest BCUT2D eigenvalue weighted by Crippen LogP contribution is 2.24. The number of rotatable bonds is 12. The van der Waals surface area contributed by atoms with Crippen LogP contribution < -0.4 is 10.1 Å². The average Bonchev–Trinajstić information content (AvgIpc) is 3.75. The Hall–Kier alpha value is -4.24. The van der Waals surface area contributed by atoms with Crippen molar-refractivity contribution in [2.75, 3.05) is 31.6 Å². The van der Waals surface area contributed by atoms with Crippen LogP contribution in [0.4, 0.5) is 5.82 Å². The van der Waals surface area contributed by atoms with Gasteiger partial charge in [-0.25, -0.2) is 0 Å². The lowest BCUT2D eigenvalue weighted by Gasteiger charge is -2.14. The van der Waals surface area contributed by atoms with Crippen LogP contribution in [0.15, 0.2) is 65.2 Å². The number of aromatic amines is 1. The molecule has 220 valence electrons. The van der Waals surface area contributed by atoms with E-state index in [0.717, 1.165) is 48.0 Å². The van der Waals surface area contributed by atoms with Gasteiger partial charge in [-0.15, -0.1) is 0 Å². The molecule has 1 aliphatic rings. The molecule has 9 nitrogen and oxygen atoms in total. The second-order valence-corrected chi connectivity index (χ2v) is 11.9. The van der Waals surface area contributed by atoms with Gasteiger partial charge >= 0.3 is 0 Å². The van der Waals surface area contributed by atoms with Gasteiger partial charge in [0.05, 0.1) is 17.8 Å². The van der Waals surface area contributed by atoms with Crippen LogP contribution in [0.1, 0.15) is 67.4 Å². The number of hydrogen-bond acceptors (Lipinski definition) is 7. The monoisotopic (exact) mass is 569 g/mol. The van der Waals surface area contributed by atoms with Crippen molar-refractivity contribution in [3.05, 3.63) is 83.2 Å². The Morgan fingerprint density at radius 3 is 2.45 bits per heavy atom. The first-order valence-electron chi connectivity index (χ1n) is 14.6. The van der Waals surface area contributed by atoms with Crippen molar-refractivity contribution >= 4 is 17.5 Å². The fourth-order valence-corrected chi connectivity index (χ4v) is 4.90. The Kier molecular flexibility index (Phi) is 9.17. The predicted octanol–water partition coefficient (Wildman–Crippen LogP) is 5.83. The van der Waals surface area contributed by atoms with Crippen molar-refractivity contribution in [3.8, 4) is 17.0 Å². The second kappa shape index (κ2) is 13.2. The molecule has 0 bridgehead atoms. The standard InChI is InChI=1S/C33H39N5O4/c1-33(2,3)30-21-26(37-42-30)20-27(39)13-8-23-6-9-24(10-7-23)29-22-31(36-35-29)34-32(40)25-11-14-28(15-12-25)41-19-18-38-16-4-5-17-38/h6-7,9-12,14-15,21-22H,4-5,8,13,16-20H2,1-3H3,(H2,34,35,36,40). The number of aryl methyl sites for hydroxylation is 1. The number of nitrogens with zero attached hydrogens (tertiary/aromatic N) is 3. The molecular formula is C33H39N5O4. The summed E-state index contributed by atoms with van der Waals surface area (Å²) in [4.78, 5) is 27.6. The number of H-pyrrole nitrogens is 1. The highest BCUT2D eigenvalue weighted by Gasteiger charge is 2.20. The van der Waals surface area contributed by atoms with Crippen molar-refractivity contribution < 1.29 is 18.8 Å². The number of aromatic nitrogens is 3. The molecule has 1 fully saturated rings. The normalized spacial score (nSPS) is 13.8. The molecule has 4 aromatic rings. The molecule has 0 radical (unpaired) electrons. The highest BCUT2D eigenvalue weighted by atomic mass is 16.5. The van der Waals surface area contributed by atoms with Crippen LogP contribution in [0.3, 0.4) is 0 Å². The summed E-state index contributed by atoms with van der Waals surface area (Å²) < 4.78 is 11.2. The summed E-state index contributed by atoms with van der Waals surface area (Å²) in [6, 6.07) is 18.8. The lowest BCUT2D eigenvalue weighted by Crippen LogP contribution is -2.25. The summed E-state index contributed by atoms with van der Waals surface area (Å²) in [5.41, 5.74) is 3.87. The van der Waals surface area contributed by atoms with E-state index in [2.05, 4.69) is 46.3 Å². The van der Waals surface area contributed by atoms with E-state index in [-0.39, 0.29) is 23.5 Å². The van der Waals surface area contributed by atoms with Crippen LogP contribution in [-0.2, 0) is 23.1 Å². The Labute approximate surface area is 246 Å². The largest absolute Gasteiger partial charge is 0.492 e. The van der Waals surface area contributed by atoms with Crippen LogP contribution in [0.5, 0.6) is 5.75 Å². The minimum absolute atomic E-state index is 0.126. The summed E-state index contributed by atoms with van der Waals surface area (Å²) in [5, 5.41) is 14.1. The summed E-state index contributed by atoms with van der Waals surface area (Å²) in [6.45, 7) is 10.0. The molecule has 0 spiro atoms. The zero-order valence-corrected chi connectivity index (χ0v) is 24.6. The number of anilines is 1. The molecule has 0 unspecified atom stereocenters. The van der Waals surface area contributed by atoms with Gasteiger partial charge in [-0.1, -0.05) is 50.2 Å². The molecule has 2 aromatic carbocycles. The SMILES string of the molecule is CC(C)(C)c1cc(CC(=O)CCc2ccc(-c3cc(NC(=O)c4ccc(OCCN5CCCC5)cc4)n[nH]3)cc2)no1. The van der Waals surface area contributed by atoms with Crippen LogP contribution in [0.2, 0.25) is 0 Å². The number of carbonyl (C=O) groups is 2. The number of likely N-dealkylation sites (tertiary alicyclic amines) is 1. The van der Waals surface area contributed by atoms with Crippen molar-refractivity contribution in [3.63, 3.8) is 0 Å². The molecule has 3 heterocycles.